The highest BCUT2D eigenvalue weighted by Gasteiger charge is 2.10. The number of para-hydroxylation sites is 1. The van der Waals surface area contributed by atoms with Crippen molar-refractivity contribution in [3.05, 3.63) is 35.5 Å². The summed E-state index contributed by atoms with van der Waals surface area (Å²) in [6.07, 6.45) is 1.01. The summed E-state index contributed by atoms with van der Waals surface area (Å²) < 4.78 is 10.0. The van der Waals surface area contributed by atoms with Gasteiger partial charge in [0.15, 0.2) is 0 Å². The molecule has 0 aliphatic heterocycles. The standard InChI is InChI=1S/C15H17NO3/c1-10-9-11(7-8-14(17)19-3)12-5-4-6-13(18-2)15(12)16-10/h4-6,9H,7-8H2,1-3H3. The largest absolute Gasteiger partial charge is 0.494 e. The molecule has 0 N–H and O–H groups in total. The van der Waals surface area contributed by atoms with Crippen LogP contribution in [-0.2, 0) is 16.0 Å². The first-order valence-electron chi connectivity index (χ1n) is 6.15. The average molecular weight is 259 g/mol. The number of fused-ring (bicyclic) bond motifs is 1. The maximum absolute atomic E-state index is 11.3. The molecule has 0 spiro atoms. The number of pyridine rings is 1. The summed E-state index contributed by atoms with van der Waals surface area (Å²) in [4.78, 5) is 15.8. The van der Waals surface area contributed by atoms with Crippen LogP contribution in [0.1, 0.15) is 17.7 Å². The Morgan fingerprint density at radius 3 is 2.79 bits per heavy atom. The van der Waals surface area contributed by atoms with E-state index < -0.39 is 0 Å². The van der Waals surface area contributed by atoms with Crippen molar-refractivity contribution in [3.8, 4) is 5.75 Å². The Morgan fingerprint density at radius 1 is 1.32 bits per heavy atom. The molecular weight excluding hydrogens is 242 g/mol. The number of hydrogen-bond donors (Lipinski definition) is 0. The number of nitrogens with zero attached hydrogens (tertiary/aromatic N) is 1. The number of methoxy groups -OCH3 is 2. The van der Waals surface area contributed by atoms with Crippen LogP contribution in [0, 0.1) is 6.92 Å². The molecule has 1 aromatic heterocycles. The molecule has 0 unspecified atom stereocenters. The minimum atomic E-state index is -0.203. The summed E-state index contributed by atoms with van der Waals surface area (Å²) in [7, 11) is 3.04. The van der Waals surface area contributed by atoms with Crippen LogP contribution in [0.3, 0.4) is 0 Å². The van der Waals surface area contributed by atoms with Crippen LogP contribution in [0.4, 0.5) is 0 Å². The Labute approximate surface area is 112 Å². The summed E-state index contributed by atoms with van der Waals surface area (Å²) in [5.41, 5.74) is 2.84. The lowest BCUT2D eigenvalue weighted by molar-refractivity contribution is -0.140. The number of hydrogen-bond acceptors (Lipinski definition) is 4. The van der Waals surface area contributed by atoms with Gasteiger partial charge in [-0.15, -0.1) is 0 Å². The van der Waals surface area contributed by atoms with Gasteiger partial charge in [-0.25, -0.2) is 4.98 Å². The van der Waals surface area contributed by atoms with Gasteiger partial charge in [0, 0.05) is 17.5 Å². The summed E-state index contributed by atoms with van der Waals surface area (Å²) in [5.74, 6) is 0.547. The molecule has 0 fully saturated rings. The van der Waals surface area contributed by atoms with Gasteiger partial charge in [0.2, 0.25) is 0 Å². The maximum Gasteiger partial charge on any atom is 0.305 e. The van der Waals surface area contributed by atoms with Crippen molar-refractivity contribution >= 4 is 16.9 Å². The quantitative estimate of drug-likeness (QED) is 0.792. The minimum Gasteiger partial charge on any atom is -0.494 e. The van der Waals surface area contributed by atoms with Crippen molar-refractivity contribution < 1.29 is 14.3 Å². The highest BCUT2D eigenvalue weighted by molar-refractivity contribution is 5.88. The van der Waals surface area contributed by atoms with E-state index in [-0.39, 0.29) is 5.97 Å². The van der Waals surface area contributed by atoms with Gasteiger partial charge < -0.3 is 9.47 Å². The van der Waals surface area contributed by atoms with E-state index in [0.29, 0.717) is 12.8 Å². The summed E-state index contributed by atoms with van der Waals surface area (Å²) >= 11 is 0. The van der Waals surface area contributed by atoms with Crippen molar-refractivity contribution in [2.75, 3.05) is 14.2 Å². The number of ether oxygens (including phenoxy) is 2. The van der Waals surface area contributed by atoms with E-state index in [1.807, 2.05) is 31.2 Å². The zero-order chi connectivity index (χ0) is 13.8. The van der Waals surface area contributed by atoms with Gasteiger partial charge in [-0.2, -0.15) is 0 Å². The van der Waals surface area contributed by atoms with Crippen molar-refractivity contribution in [2.45, 2.75) is 19.8 Å². The molecule has 1 aromatic carbocycles. The number of carbonyl (C=O) groups excluding carboxylic acids is 1. The van der Waals surface area contributed by atoms with Gasteiger partial charge in [-0.3, -0.25) is 4.79 Å². The van der Waals surface area contributed by atoms with E-state index in [1.54, 1.807) is 7.11 Å². The van der Waals surface area contributed by atoms with E-state index in [0.717, 1.165) is 27.9 Å². The molecule has 19 heavy (non-hydrogen) atoms. The number of aryl methyl sites for hydroxylation is 2. The first kappa shape index (κ1) is 13.3. The molecule has 2 aromatic rings. The molecule has 0 saturated heterocycles. The second-order valence-corrected chi connectivity index (χ2v) is 4.36. The van der Waals surface area contributed by atoms with Crippen LogP contribution >= 0.6 is 0 Å². The van der Waals surface area contributed by atoms with Crippen molar-refractivity contribution in [1.82, 2.24) is 4.98 Å². The fourth-order valence-electron chi connectivity index (χ4n) is 2.15. The maximum atomic E-state index is 11.3. The average Bonchev–Trinajstić information content (AvgIpc) is 2.43. The van der Waals surface area contributed by atoms with E-state index in [4.69, 9.17) is 4.74 Å². The lowest BCUT2D eigenvalue weighted by Gasteiger charge is -2.10. The van der Waals surface area contributed by atoms with Crippen molar-refractivity contribution in [1.29, 1.82) is 0 Å². The van der Waals surface area contributed by atoms with Crippen LogP contribution in [0.25, 0.3) is 10.9 Å². The fourth-order valence-corrected chi connectivity index (χ4v) is 2.15. The van der Waals surface area contributed by atoms with E-state index in [9.17, 15) is 4.79 Å². The SMILES string of the molecule is COC(=O)CCc1cc(C)nc2c(OC)cccc12. The van der Waals surface area contributed by atoms with Gasteiger partial charge in [-0.1, -0.05) is 12.1 Å². The number of rotatable bonds is 4. The third-order valence-corrected chi connectivity index (χ3v) is 3.06. The Balaban J connectivity index is 2.45. The fraction of sp³-hybridized carbons (Fsp3) is 0.333. The first-order chi connectivity index (χ1) is 9.15. The highest BCUT2D eigenvalue weighted by Crippen LogP contribution is 2.27. The van der Waals surface area contributed by atoms with Crippen LogP contribution in [0.2, 0.25) is 0 Å². The summed E-state index contributed by atoms with van der Waals surface area (Å²) in [6, 6.07) is 7.82. The predicted octanol–water partition coefficient (Wildman–Crippen LogP) is 2.66. The van der Waals surface area contributed by atoms with Gasteiger partial charge >= 0.3 is 5.97 Å². The Kier molecular flexibility index (Phi) is 4.00. The van der Waals surface area contributed by atoms with E-state index in [1.165, 1.54) is 7.11 Å². The van der Waals surface area contributed by atoms with E-state index >= 15 is 0 Å². The Hall–Kier alpha value is -2.10. The molecule has 0 atom stereocenters. The molecular formula is C15H17NO3. The minimum absolute atomic E-state index is 0.203. The third kappa shape index (κ3) is 2.84. The molecule has 0 radical (unpaired) electrons. The second-order valence-electron chi connectivity index (χ2n) is 4.36. The lowest BCUT2D eigenvalue weighted by atomic mass is 10.0. The number of benzene rings is 1. The Bertz CT molecular complexity index is 608. The second kappa shape index (κ2) is 5.69. The molecule has 1 heterocycles. The smallest absolute Gasteiger partial charge is 0.305 e. The van der Waals surface area contributed by atoms with Crippen LogP contribution in [0.15, 0.2) is 24.3 Å². The highest BCUT2D eigenvalue weighted by atomic mass is 16.5. The lowest BCUT2D eigenvalue weighted by Crippen LogP contribution is -2.03. The zero-order valence-electron chi connectivity index (χ0n) is 11.4. The van der Waals surface area contributed by atoms with Crippen LogP contribution < -0.4 is 4.74 Å². The first-order valence-corrected chi connectivity index (χ1v) is 6.15. The van der Waals surface area contributed by atoms with Crippen LogP contribution in [-0.4, -0.2) is 25.2 Å². The topological polar surface area (TPSA) is 48.4 Å². The summed E-state index contributed by atoms with van der Waals surface area (Å²) in [5, 5.41) is 1.02. The molecule has 2 rings (SSSR count). The molecule has 0 aliphatic rings. The number of esters is 1. The van der Waals surface area contributed by atoms with E-state index in [2.05, 4.69) is 9.72 Å². The molecule has 0 amide bonds. The van der Waals surface area contributed by atoms with Gasteiger partial charge in [-0.05, 0) is 31.0 Å². The normalized spacial score (nSPS) is 10.5. The Morgan fingerprint density at radius 2 is 2.11 bits per heavy atom. The molecule has 4 nitrogen and oxygen atoms in total. The van der Waals surface area contributed by atoms with Crippen molar-refractivity contribution in [3.63, 3.8) is 0 Å². The molecule has 0 bridgehead atoms. The third-order valence-electron chi connectivity index (χ3n) is 3.06. The van der Waals surface area contributed by atoms with Crippen molar-refractivity contribution in [2.24, 2.45) is 0 Å². The summed E-state index contributed by atoms with van der Waals surface area (Å²) in [6.45, 7) is 1.94. The van der Waals surface area contributed by atoms with Gasteiger partial charge in [0.1, 0.15) is 11.3 Å². The predicted molar refractivity (Wildman–Crippen MR) is 73.4 cm³/mol. The molecule has 100 valence electrons. The number of aromatic nitrogens is 1. The number of carbonyl (C=O) groups is 1. The monoisotopic (exact) mass is 259 g/mol. The molecule has 0 aliphatic carbocycles. The van der Waals surface area contributed by atoms with Gasteiger partial charge in [0.25, 0.3) is 0 Å². The molecule has 4 heteroatoms. The zero-order valence-corrected chi connectivity index (χ0v) is 11.4. The van der Waals surface area contributed by atoms with Crippen LogP contribution in [0.5, 0.6) is 5.75 Å². The molecule has 0 saturated carbocycles. The van der Waals surface area contributed by atoms with Gasteiger partial charge in [0.05, 0.1) is 14.2 Å².